The van der Waals surface area contributed by atoms with Gasteiger partial charge in [-0.1, -0.05) is 11.6 Å². The van der Waals surface area contributed by atoms with Crippen molar-refractivity contribution in [1.82, 2.24) is 9.55 Å². The number of ether oxygens (including phenoxy) is 2. The summed E-state index contributed by atoms with van der Waals surface area (Å²) >= 11 is 6.07. The van der Waals surface area contributed by atoms with Gasteiger partial charge >= 0.3 is 0 Å². The molecule has 3 aromatic rings. The molecule has 0 bridgehead atoms. The SMILES string of the molecule is COc1cc(NC(=O)c2ccc3c(c2)ncn3C)c(OC)cc1Cl. The molecule has 1 amide bonds. The van der Waals surface area contributed by atoms with E-state index in [1.807, 2.05) is 17.7 Å². The summed E-state index contributed by atoms with van der Waals surface area (Å²) < 4.78 is 12.3. The highest BCUT2D eigenvalue weighted by Gasteiger charge is 2.14. The van der Waals surface area contributed by atoms with Gasteiger partial charge in [-0.2, -0.15) is 0 Å². The number of fused-ring (bicyclic) bond motifs is 1. The van der Waals surface area contributed by atoms with E-state index in [2.05, 4.69) is 10.3 Å². The first kappa shape index (κ1) is 16.1. The molecule has 0 atom stereocenters. The summed E-state index contributed by atoms with van der Waals surface area (Å²) in [5, 5.41) is 3.22. The lowest BCUT2D eigenvalue weighted by Gasteiger charge is -2.13. The second-order valence-corrected chi connectivity index (χ2v) is 5.61. The van der Waals surface area contributed by atoms with Gasteiger partial charge in [-0.05, 0) is 18.2 Å². The molecule has 124 valence electrons. The summed E-state index contributed by atoms with van der Waals surface area (Å²) in [4.78, 5) is 16.8. The Hall–Kier alpha value is -2.73. The lowest BCUT2D eigenvalue weighted by molar-refractivity contribution is 0.102. The van der Waals surface area contributed by atoms with Gasteiger partial charge in [0.15, 0.2) is 0 Å². The summed E-state index contributed by atoms with van der Waals surface area (Å²) in [5.74, 6) is 0.631. The molecule has 7 heteroatoms. The van der Waals surface area contributed by atoms with Gasteiger partial charge in [0.25, 0.3) is 5.91 Å². The van der Waals surface area contributed by atoms with Crippen LogP contribution < -0.4 is 14.8 Å². The average Bonchev–Trinajstić information content (AvgIpc) is 2.96. The van der Waals surface area contributed by atoms with Gasteiger partial charge in [-0.25, -0.2) is 4.98 Å². The number of nitrogens with one attached hydrogen (secondary N) is 1. The summed E-state index contributed by atoms with van der Waals surface area (Å²) in [6, 6.07) is 8.57. The van der Waals surface area contributed by atoms with Crippen molar-refractivity contribution in [2.24, 2.45) is 7.05 Å². The standard InChI is InChI=1S/C17H16ClN3O3/c1-21-9-19-12-6-10(4-5-14(12)21)17(22)20-13-8-15(23-2)11(18)7-16(13)24-3/h4-9H,1-3H3,(H,20,22). The van der Waals surface area contributed by atoms with Crippen molar-refractivity contribution in [3.05, 3.63) is 47.2 Å². The number of hydrogen-bond donors (Lipinski definition) is 1. The molecule has 6 nitrogen and oxygen atoms in total. The summed E-state index contributed by atoms with van der Waals surface area (Å²) in [5.41, 5.74) is 2.69. The van der Waals surface area contributed by atoms with Gasteiger partial charge in [-0.15, -0.1) is 0 Å². The van der Waals surface area contributed by atoms with Crippen molar-refractivity contribution < 1.29 is 14.3 Å². The molecule has 0 aliphatic carbocycles. The van der Waals surface area contributed by atoms with E-state index < -0.39 is 0 Å². The van der Waals surface area contributed by atoms with E-state index in [1.165, 1.54) is 14.2 Å². The summed E-state index contributed by atoms with van der Waals surface area (Å²) in [6.07, 6.45) is 1.71. The molecule has 0 fully saturated rings. The van der Waals surface area contributed by atoms with E-state index in [1.54, 1.807) is 30.6 Å². The molecule has 0 saturated carbocycles. The van der Waals surface area contributed by atoms with Crippen LogP contribution in [0.1, 0.15) is 10.4 Å². The number of amides is 1. The molecular weight excluding hydrogens is 330 g/mol. The van der Waals surface area contributed by atoms with Crippen LogP contribution in [-0.2, 0) is 7.05 Å². The van der Waals surface area contributed by atoms with Crippen molar-refractivity contribution in [2.45, 2.75) is 0 Å². The smallest absolute Gasteiger partial charge is 0.255 e. The minimum atomic E-state index is -0.273. The number of anilines is 1. The van der Waals surface area contributed by atoms with E-state index in [-0.39, 0.29) is 5.91 Å². The largest absolute Gasteiger partial charge is 0.495 e. The Morgan fingerprint density at radius 1 is 1.17 bits per heavy atom. The fourth-order valence-electron chi connectivity index (χ4n) is 2.43. The van der Waals surface area contributed by atoms with Gasteiger partial charge in [0, 0.05) is 24.7 Å². The lowest BCUT2D eigenvalue weighted by Crippen LogP contribution is -2.12. The topological polar surface area (TPSA) is 65.4 Å². The van der Waals surface area contributed by atoms with E-state index in [0.29, 0.717) is 27.8 Å². The zero-order valence-electron chi connectivity index (χ0n) is 13.5. The Balaban J connectivity index is 1.93. The molecule has 0 aliphatic rings. The molecular formula is C17H16ClN3O3. The van der Waals surface area contributed by atoms with Crippen LogP contribution in [0.25, 0.3) is 11.0 Å². The molecule has 1 aromatic heterocycles. The molecule has 2 aromatic carbocycles. The van der Waals surface area contributed by atoms with Gasteiger partial charge in [0.1, 0.15) is 11.5 Å². The average molecular weight is 346 g/mol. The second kappa shape index (κ2) is 6.41. The molecule has 0 spiro atoms. The van der Waals surface area contributed by atoms with Gasteiger partial charge in [-0.3, -0.25) is 4.79 Å². The van der Waals surface area contributed by atoms with Crippen LogP contribution in [0.15, 0.2) is 36.7 Å². The fraction of sp³-hybridized carbons (Fsp3) is 0.176. The van der Waals surface area contributed by atoms with Crippen LogP contribution in [0.5, 0.6) is 11.5 Å². The highest BCUT2D eigenvalue weighted by atomic mass is 35.5. The molecule has 0 aliphatic heterocycles. The number of carbonyl (C=O) groups is 1. The number of imidazole rings is 1. The number of carbonyl (C=O) groups excluding carboxylic acids is 1. The maximum Gasteiger partial charge on any atom is 0.255 e. The minimum absolute atomic E-state index is 0.273. The number of methoxy groups -OCH3 is 2. The number of benzene rings is 2. The Labute approximate surface area is 144 Å². The molecule has 0 radical (unpaired) electrons. The molecule has 3 rings (SSSR count). The lowest BCUT2D eigenvalue weighted by atomic mass is 10.1. The third kappa shape index (κ3) is 2.88. The van der Waals surface area contributed by atoms with Crippen LogP contribution in [0.3, 0.4) is 0 Å². The first-order valence-electron chi connectivity index (χ1n) is 7.17. The minimum Gasteiger partial charge on any atom is -0.495 e. The van der Waals surface area contributed by atoms with Crippen LogP contribution in [0.2, 0.25) is 5.02 Å². The molecule has 1 N–H and O–H groups in total. The molecule has 0 saturated heterocycles. The Bertz CT molecular complexity index is 921. The molecule has 1 heterocycles. The normalized spacial score (nSPS) is 10.7. The quantitative estimate of drug-likeness (QED) is 0.786. The van der Waals surface area contributed by atoms with Gasteiger partial charge in [0.05, 0.1) is 42.3 Å². The third-order valence-electron chi connectivity index (χ3n) is 3.71. The van der Waals surface area contributed by atoms with Gasteiger partial charge < -0.3 is 19.4 Å². The van der Waals surface area contributed by atoms with E-state index in [0.717, 1.165) is 11.0 Å². The van der Waals surface area contributed by atoms with Crippen molar-refractivity contribution in [3.63, 3.8) is 0 Å². The molecule has 0 unspecified atom stereocenters. The zero-order chi connectivity index (χ0) is 17.3. The number of aromatic nitrogens is 2. The van der Waals surface area contributed by atoms with Crippen molar-refractivity contribution in [1.29, 1.82) is 0 Å². The Kier molecular flexibility index (Phi) is 4.31. The number of rotatable bonds is 4. The van der Waals surface area contributed by atoms with Crippen molar-refractivity contribution >= 4 is 34.2 Å². The fourth-order valence-corrected chi connectivity index (χ4v) is 2.66. The number of nitrogens with zero attached hydrogens (tertiary/aromatic N) is 2. The summed E-state index contributed by atoms with van der Waals surface area (Å²) in [7, 11) is 4.92. The van der Waals surface area contributed by atoms with Crippen LogP contribution >= 0.6 is 11.6 Å². The monoisotopic (exact) mass is 345 g/mol. The highest BCUT2D eigenvalue weighted by molar-refractivity contribution is 6.32. The predicted octanol–water partition coefficient (Wildman–Crippen LogP) is 3.50. The molecule has 24 heavy (non-hydrogen) atoms. The summed E-state index contributed by atoms with van der Waals surface area (Å²) in [6.45, 7) is 0. The number of hydrogen-bond acceptors (Lipinski definition) is 4. The Morgan fingerprint density at radius 3 is 2.62 bits per heavy atom. The van der Waals surface area contributed by atoms with Gasteiger partial charge in [0.2, 0.25) is 0 Å². The van der Waals surface area contributed by atoms with Crippen LogP contribution in [0.4, 0.5) is 5.69 Å². The van der Waals surface area contributed by atoms with Crippen molar-refractivity contribution in [3.8, 4) is 11.5 Å². The van der Waals surface area contributed by atoms with E-state index in [9.17, 15) is 4.79 Å². The van der Waals surface area contributed by atoms with Crippen molar-refractivity contribution in [2.75, 3.05) is 19.5 Å². The second-order valence-electron chi connectivity index (χ2n) is 5.20. The third-order valence-corrected chi connectivity index (χ3v) is 4.01. The maximum absolute atomic E-state index is 12.5. The van der Waals surface area contributed by atoms with E-state index >= 15 is 0 Å². The predicted molar refractivity (Wildman–Crippen MR) is 93.2 cm³/mol. The first-order chi connectivity index (χ1) is 11.5. The van der Waals surface area contributed by atoms with Crippen LogP contribution in [-0.4, -0.2) is 29.7 Å². The highest BCUT2D eigenvalue weighted by Crippen LogP contribution is 2.36. The zero-order valence-corrected chi connectivity index (χ0v) is 14.2. The van der Waals surface area contributed by atoms with Crippen LogP contribution in [0, 0.1) is 0 Å². The Morgan fingerprint density at radius 2 is 1.92 bits per heavy atom. The first-order valence-corrected chi connectivity index (χ1v) is 7.55. The number of halogens is 1. The number of aryl methyl sites for hydroxylation is 1. The van der Waals surface area contributed by atoms with E-state index in [4.69, 9.17) is 21.1 Å². The maximum atomic E-state index is 12.5.